The maximum atomic E-state index is 12.0. The predicted molar refractivity (Wildman–Crippen MR) is 83.6 cm³/mol. The zero-order chi connectivity index (χ0) is 15.9. The molecule has 0 bridgehead atoms. The Morgan fingerprint density at radius 2 is 1.95 bits per heavy atom. The van der Waals surface area contributed by atoms with Gasteiger partial charge in [0.05, 0.1) is 6.26 Å². The van der Waals surface area contributed by atoms with Crippen molar-refractivity contribution >= 4 is 23.4 Å². The van der Waals surface area contributed by atoms with Gasteiger partial charge in [-0.25, -0.2) is 0 Å². The molecule has 0 saturated carbocycles. The lowest BCUT2D eigenvalue weighted by Crippen LogP contribution is -2.31. The number of rotatable bonds is 6. The van der Waals surface area contributed by atoms with E-state index < -0.39 is 0 Å². The fourth-order valence-electron chi connectivity index (χ4n) is 1.92. The number of nitrogens with one attached hydrogen (secondary N) is 1. The average molecular weight is 321 g/mol. The molecule has 1 N–H and O–H groups in total. The molecule has 116 valence electrons. The molecular formula is C16H17ClN2O3. The number of amides is 2. The van der Waals surface area contributed by atoms with Crippen molar-refractivity contribution in [3.8, 4) is 0 Å². The van der Waals surface area contributed by atoms with Crippen LogP contribution in [0.1, 0.15) is 22.5 Å². The summed E-state index contributed by atoms with van der Waals surface area (Å²) in [4.78, 5) is 25.3. The Labute approximate surface area is 133 Å². The first-order valence-electron chi connectivity index (χ1n) is 6.86. The molecule has 6 heteroatoms. The minimum atomic E-state index is -0.321. The molecule has 0 aliphatic carbocycles. The van der Waals surface area contributed by atoms with Gasteiger partial charge in [-0.05, 0) is 29.8 Å². The highest BCUT2D eigenvalue weighted by molar-refractivity contribution is 6.30. The van der Waals surface area contributed by atoms with Gasteiger partial charge in [-0.15, -0.1) is 0 Å². The summed E-state index contributed by atoms with van der Waals surface area (Å²) < 4.78 is 4.97. The molecule has 2 amide bonds. The molecule has 0 unspecified atom stereocenters. The number of hydrogen-bond donors (Lipinski definition) is 1. The molecule has 5 nitrogen and oxygen atoms in total. The van der Waals surface area contributed by atoms with Crippen LogP contribution in [0.2, 0.25) is 5.02 Å². The smallest absolute Gasteiger partial charge is 0.286 e. The largest absolute Gasteiger partial charge is 0.459 e. The molecule has 22 heavy (non-hydrogen) atoms. The van der Waals surface area contributed by atoms with Gasteiger partial charge in [0, 0.05) is 31.6 Å². The lowest BCUT2D eigenvalue weighted by molar-refractivity contribution is -0.130. The van der Waals surface area contributed by atoms with Gasteiger partial charge in [0.15, 0.2) is 5.76 Å². The Hall–Kier alpha value is -2.27. The van der Waals surface area contributed by atoms with Gasteiger partial charge >= 0.3 is 0 Å². The Morgan fingerprint density at radius 1 is 1.23 bits per heavy atom. The van der Waals surface area contributed by atoms with Gasteiger partial charge in [0.1, 0.15) is 0 Å². The van der Waals surface area contributed by atoms with Crippen molar-refractivity contribution in [1.29, 1.82) is 0 Å². The highest BCUT2D eigenvalue weighted by atomic mass is 35.5. The molecule has 2 rings (SSSR count). The zero-order valence-corrected chi connectivity index (χ0v) is 13.0. The topological polar surface area (TPSA) is 62.6 Å². The van der Waals surface area contributed by atoms with Crippen LogP contribution in [-0.4, -0.2) is 30.3 Å². The van der Waals surface area contributed by atoms with Crippen molar-refractivity contribution < 1.29 is 14.0 Å². The zero-order valence-electron chi connectivity index (χ0n) is 12.2. The maximum absolute atomic E-state index is 12.0. The van der Waals surface area contributed by atoms with Crippen LogP contribution in [0, 0.1) is 0 Å². The molecule has 0 aliphatic rings. The lowest BCUT2D eigenvalue weighted by Gasteiger charge is -2.17. The van der Waals surface area contributed by atoms with E-state index in [-0.39, 0.29) is 30.5 Å². The van der Waals surface area contributed by atoms with Crippen LogP contribution in [0.15, 0.2) is 47.1 Å². The Kier molecular flexibility index (Phi) is 5.61. The van der Waals surface area contributed by atoms with Crippen molar-refractivity contribution in [2.24, 2.45) is 0 Å². The average Bonchev–Trinajstić information content (AvgIpc) is 3.03. The monoisotopic (exact) mass is 320 g/mol. The second-order valence-electron chi connectivity index (χ2n) is 4.86. The van der Waals surface area contributed by atoms with Gasteiger partial charge in [-0.3, -0.25) is 9.59 Å². The summed E-state index contributed by atoms with van der Waals surface area (Å²) in [5.41, 5.74) is 1.000. The summed E-state index contributed by atoms with van der Waals surface area (Å²) in [6, 6.07) is 10.6. The number of carbonyl (C=O) groups excluding carboxylic acids is 2. The minimum absolute atomic E-state index is 0.0466. The number of benzene rings is 1. The van der Waals surface area contributed by atoms with Crippen molar-refractivity contribution in [3.05, 3.63) is 59.0 Å². The van der Waals surface area contributed by atoms with Crippen molar-refractivity contribution in [1.82, 2.24) is 10.2 Å². The summed E-state index contributed by atoms with van der Waals surface area (Å²) in [7, 11) is 1.73. The van der Waals surface area contributed by atoms with E-state index in [9.17, 15) is 9.59 Å². The van der Waals surface area contributed by atoms with Gasteiger partial charge in [-0.2, -0.15) is 0 Å². The van der Waals surface area contributed by atoms with Crippen LogP contribution < -0.4 is 5.32 Å². The molecule has 1 aromatic heterocycles. The molecule has 0 fully saturated rings. The number of furan rings is 1. The molecule has 1 heterocycles. The second kappa shape index (κ2) is 7.66. The molecule has 0 aliphatic heterocycles. The maximum Gasteiger partial charge on any atom is 0.286 e. The normalized spacial score (nSPS) is 10.3. The molecule has 0 spiro atoms. The molecule has 1 aromatic carbocycles. The van der Waals surface area contributed by atoms with E-state index in [1.165, 1.54) is 6.26 Å². The summed E-state index contributed by atoms with van der Waals surface area (Å²) in [5, 5.41) is 3.31. The van der Waals surface area contributed by atoms with E-state index in [1.807, 2.05) is 12.1 Å². The highest BCUT2D eigenvalue weighted by Crippen LogP contribution is 2.11. The first-order chi connectivity index (χ1) is 10.6. The van der Waals surface area contributed by atoms with Gasteiger partial charge < -0.3 is 14.6 Å². The number of nitrogens with zero attached hydrogens (tertiary/aromatic N) is 1. The van der Waals surface area contributed by atoms with Crippen LogP contribution in [0.5, 0.6) is 0 Å². The van der Waals surface area contributed by atoms with E-state index >= 15 is 0 Å². The Balaban J connectivity index is 1.74. The minimum Gasteiger partial charge on any atom is -0.459 e. The summed E-state index contributed by atoms with van der Waals surface area (Å²) in [6.45, 7) is 0.769. The van der Waals surface area contributed by atoms with Crippen molar-refractivity contribution in [2.75, 3.05) is 13.6 Å². The van der Waals surface area contributed by atoms with E-state index in [2.05, 4.69) is 5.32 Å². The highest BCUT2D eigenvalue weighted by Gasteiger charge is 2.11. The standard InChI is InChI=1S/C16H17ClN2O3/c1-19(11-12-4-6-13(17)7-5-12)15(20)8-9-18-16(21)14-3-2-10-22-14/h2-7,10H,8-9,11H2,1H3,(H,18,21). The third-order valence-corrected chi connectivity index (χ3v) is 3.38. The number of halogens is 1. The molecule has 0 radical (unpaired) electrons. The van der Waals surface area contributed by atoms with Crippen LogP contribution in [0.3, 0.4) is 0 Å². The predicted octanol–water partition coefficient (Wildman–Crippen LogP) is 2.71. The van der Waals surface area contributed by atoms with Crippen LogP contribution in [0.25, 0.3) is 0 Å². The van der Waals surface area contributed by atoms with Gasteiger partial charge in [0.25, 0.3) is 5.91 Å². The van der Waals surface area contributed by atoms with Gasteiger partial charge in [-0.1, -0.05) is 23.7 Å². The summed E-state index contributed by atoms with van der Waals surface area (Å²) in [6.07, 6.45) is 1.66. The first kappa shape index (κ1) is 16.1. The van der Waals surface area contributed by atoms with E-state index in [0.29, 0.717) is 11.6 Å². The van der Waals surface area contributed by atoms with Crippen LogP contribution in [-0.2, 0) is 11.3 Å². The Bertz CT molecular complexity index is 623. The quantitative estimate of drug-likeness (QED) is 0.890. The van der Waals surface area contributed by atoms with E-state index in [0.717, 1.165) is 5.56 Å². The van der Waals surface area contributed by atoms with Crippen molar-refractivity contribution in [3.63, 3.8) is 0 Å². The van der Waals surface area contributed by atoms with Gasteiger partial charge in [0.2, 0.25) is 5.91 Å². The fraction of sp³-hybridized carbons (Fsp3) is 0.250. The molecule has 2 aromatic rings. The lowest BCUT2D eigenvalue weighted by atomic mass is 10.2. The number of hydrogen-bond acceptors (Lipinski definition) is 3. The fourth-order valence-corrected chi connectivity index (χ4v) is 2.05. The molecular weight excluding hydrogens is 304 g/mol. The second-order valence-corrected chi connectivity index (χ2v) is 5.30. The Morgan fingerprint density at radius 3 is 2.59 bits per heavy atom. The number of carbonyl (C=O) groups is 2. The van der Waals surface area contributed by atoms with Crippen LogP contribution in [0.4, 0.5) is 0 Å². The SMILES string of the molecule is CN(Cc1ccc(Cl)cc1)C(=O)CCNC(=O)c1ccco1. The first-order valence-corrected chi connectivity index (χ1v) is 7.24. The van der Waals surface area contributed by atoms with Crippen LogP contribution >= 0.6 is 11.6 Å². The molecule has 0 atom stereocenters. The van der Waals surface area contributed by atoms with E-state index in [4.69, 9.17) is 16.0 Å². The van der Waals surface area contributed by atoms with E-state index in [1.54, 1.807) is 36.2 Å². The third kappa shape index (κ3) is 4.63. The summed E-state index contributed by atoms with van der Waals surface area (Å²) >= 11 is 5.82. The molecule has 0 saturated heterocycles. The summed E-state index contributed by atoms with van der Waals surface area (Å²) in [5.74, 6) is -0.130. The third-order valence-electron chi connectivity index (χ3n) is 3.13. The van der Waals surface area contributed by atoms with Crippen molar-refractivity contribution in [2.45, 2.75) is 13.0 Å².